The molecule has 0 atom stereocenters. The lowest BCUT2D eigenvalue weighted by atomic mass is 10.2. The number of carbonyl (C=O) groups excluding carboxylic acids is 1. The Labute approximate surface area is 138 Å². The van der Waals surface area contributed by atoms with E-state index in [1.807, 2.05) is 30.3 Å². The summed E-state index contributed by atoms with van der Waals surface area (Å²) in [6.45, 7) is 0.382. The number of para-hydroxylation sites is 1. The van der Waals surface area contributed by atoms with Gasteiger partial charge in [-0.3, -0.25) is 14.9 Å². The summed E-state index contributed by atoms with van der Waals surface area (Å²) >= 11 is 0. The Morgan fingerprint density at radius 2 is 2.00 bits per heavy atom. The predicted molar refractivity (Wildman–Crippen MR) is 92.3 cm³/mol. The van der Waals surface area contributed by atoms with Crippen molar-refractivity contribution in [1.82, 2.24) is 10.3 Å². The van der Waals surface area contributed by atoms with E-state index in [4.69, 9.17) is 0 Å². The smallest absolute Gasteiger partial charge is 0.270 e. The van der Waals surface area contributed by atoms with Gasteiger partial charge in [-0.2, -0.15) is 0 Å². The SMILES string of the molecule is O=C(/C=C\c1cccc([N+](=O)[O-])c1)NCc1cc2ccccc2[nH]1. The van der Waals surface area contributed by atoms with Crippen molar-refractivity contribution >= 4 is 28.6 Å². The molecule has 1 amide bonds. The third kappa shape index (κ3) is 3.67. The summed E-state index contributed by atoms with van der Waals surface area (Å²) in [7, 11) is 0. The lowest BCUT2D eigenvalue weighted by Crippen LogP contribution is -2.20. The number of nitrogens with one attached hydrogen (secondary N) is 2. The van der Waals surface area contributed by atoms with Crippen molar-refractivity contribution in [2.45, 2.75) is 6.54 Å². The highest BCUT2D eigenvalue weighted by Gasteiger charge is 2.04. The maximum atomic E-state index is 11.9. The van der Waals surface area contributed by atoms with E-state index in [0.717, 1.165) is 16.6 Å². The summed E-state index contributed by atoms with van der Waals surface area (Å²) in [5.74, 6) is -0.264. The van der Waals surface area contributed by atoms with E-state index < -0.39 is 4.92 Å². The van der Waals surface area contributed by atoms with Gasteiger partial charge in [0.2, 0.25) is 5.91 Å². The number of benzene rings is 2. The zero-order valence-corrected chi connectivity index (χ0v) is 12.7. The molecule has 24 heavy (non-hydrogen) atoms. The van der Waals surface area contributed by atoms with Crippen molar-refractivity contribution in [3.8, 4) is 0 Å². The number of carbonyl (C=O) groups is 1. The molecule has 0 saturated heterocycles. The van der Waals surface area contributed by atoms with Crippen molar-refractivity contribution in [2.75, 3.05) is 0 Å². The highest BCUT2D eigenvalue weighted by Crippen LogP contribution is 2.15. The van der Waals surface area contributed by atoms with Gasteiger partial charge in [0.05, 0.1) is 11.5 Å². The zero-order chi connectivity index (χ0) is 16.9. The normalized spacial score (nSPS) is 11.0. The van der Waals surface area contributed by atoms with E-state index >= 15 is 0 Å². The fraction of sp³-hybridized carbons (Fsp3) is 0.0556. The molecular formula is C18H15N3O3. The van der Waals surface area contributed by atoms with Crippen LogP contribution < -0.4 is 5.32 Å². The summed E-state index contributed by atoms with van der Waals surface area (Å²) < 4.78 is 0. The van der Waals surface area contributed by atoms with E-state index in [2.05, 4.69) is 10.3 Å². The van der Waals surface area contributed by atoms with Gasteiger partial charge in [-0.1, -0.05) is 30.3 Å². The van der Waals surface area contributed by atoms with E-state index in [9.17, 15) is 14.9 Å². The van der Waals surface area contributed by atoms with Gasteiger partial charge in [0.1, 0.15) is 0 Å². The number of fused-ring (bicyclic) bond motifs is 1. The van der Waals surface area contributed by atoms with Crippen LogP contribution in [0.2, 0.25) is 0 Å². The van der Waals surface area contributed by atoms with E-state index in [1.165, 1.54) is 18.2 Å². The van der Waals surface area contributed by atoms with Gasteiger partial charge in [0.15, 0.2) is 0 Å². The molecule has 0 saturated carbocycles. The van der Waals surface area contributed by atoms with Crippen LogP contribution >= 0.6 is 0 Å². The summed E-state index contributed by atoms with van der Waals surface area (Å²) in [6, 6.07) is 16.0. The molecule has 1 heterocycles. The molecule has 1 aromatic heterocycles. The molecule has 120 valence electrons. The Kier molecular flexibility index (Phi) is 4.38. The average Bonchev–Trinajstić information content (AvgIpc) is 3.01. The van der Waals surface area contributed by atoms with Crippen molar-refractivity contribution < 1.29 is 9.72 Å². The molecule has 6 heteroatoms. The standard InChI is InChI=1S/C18H15N3O3/c22-18(9-8-13-4-3-6-16(10-13)21(23)24)19-12-15-11-14-5-1-2-7-17(14)20-15/h1-11,20H,12H2,(H,19,22)/b9-8-. The molecule has 2 N–H and O–H groups in total. The Balaban J connectivity index is 1.61. The quantitative estimate of drug-likeness (QED) is 0.429. The fourth-order valence-corrected chi connectivity index (χ4v) is 2.38. The number of hydrogen-bond acceptors (Lipinski definition) is 3. The maximum absolute atomic E-state index is 11.9. The van der Waals surface area contributed by atoms with E-state index in [-0.39, 0.29) is 11.6 Å². The van der Waals surface area contributed by atoms with Crippen LogP contribution in [0, 0.1) is 10.1 Å². The average molecular weight is 321 g/mol. The second-order valence-electron chi connectivity index (χ2n) is 5.29. The second kappa shape index (κ2) is 6.78. The van der Waals surface area contributed by atoms with Crippen LogP contribution in [-0.2, 0) is 11.3 Å². The number of nitrogens with zero attached hydrogens (tertiary/aromatic N) is 1. The lowest BCUT2D eigenvalue weighted by molar-refractivity contribution is -0.384. The highest BCUT2D eigenvalue weighted by molar-refractivity contribution is 5.91. The molecule has 0 radical (unpaired) electrons. The number of non-ortho nitro benzene ring substituents is 1. The first kappa shape index (κ1) is 15.5. The molecule has 2 aromatic carbocycles. The topological polar surface area (TPSA) is 88.0 Å². The number of aromatic amines is 1. The number of nitro groups is 1. The number of nitro benzene ring substituents is 1. The van der Waals surface area contributed by atoms with Gasteiger partial charge in [0, 0.05) is 29.4 Å². The van der Waals surface area contributed by atoms with Crippen LogP contribution in [0.1, 0.15) is 11.3 Å². The monoisotopic (exact) mass is 321 g/mol. The van der Waals surface area contributed by atoms with Crippen LogP contribution in [0.4, 0.5) is 5.69 Å². The number of hydrogen-bond donors (Lipinski definition) is 2. The zero-order valence-electron chi connectivity index (χ0n) is 12.7. The number of amides is 1. The molecule has 0 unspecified atom stereocenters. The van der Waals surface area contributed by atoms with Gasteiger partial charge < -0.3 is 10.3 Å². The molecule has 0 spiro atoms. The van der Waals surface area contributed by atoms with Crippen molar-refractivity contribution in [3.05, 3.63) is 82.0 Å². The summed E-state index contributed by atoms with van der Waals surface area (Å²) in [5, 5.41) is 14.6. The lowest BCUT2D eigenvalue weighted by Gasteiger charge is -1.99. The van der Waals surface area contributed by atoms with Crippen molar-refractivity contribution in [3.63, 3.8) is 0 Å². The first-order chi connectivity index (χ1) is 11.6. The van der Waals surface area contributed by atoms with Crippen molar-refractivity contribution in [1.29, 1.82) is 0 Å². The second-order valence-corrected chi connectivity index (χ2v) is 5.29. The Morgan fingerprint density at radius 3 is 2.79 bits per heavy atom. The Morgan fingerprint density at radius 1 is 1.17 bits per heavy atom. The van der Waals surface area contributed by atoms with E-state index in [1.54, 1.807) is 18.2 Å². The van der Waals surface area contributed by atoms with Crippen LogP contribution in [0.25, 0.3) is 17.0 Å². The summed E-state index contributed by atoms with van der Waals surface area (Å²) in [6.07, 6.45) is 2.91. The summed E-state index contributed by atoms with van der Waals surface area (Å²) in [4.78, 5) is 25.4. The number of aromatic nitrogens is 1. The molecule has 3 rings (SSSR count). The molecule has 0 bridgehead atoms. The van der Waals surface area contributed by atoms with Gasteiger partial charge >= 0.3 is 0 Å². The van der Waals surface area contributed by atoms with Gasteiger partial charge in [-0.05, 0) is 29.2 Å². The number of H-pyrrole nitrogens is 1. The van der Waals surface area contributed by atoms with Crippen LogP contribution in [-0.4, -0.2) is 15.8 Å². The van der Waals surface area contributed by atoms with Crippen LogP contribution in [0.5, 0.6) is 0 Å². The Bertz CT molecular complexity index is 895. The minimum atomic E-state index is -0.465. The van der Waals surface area contributed by atoms with Gasteiger partial charge in [0.25, 0.3) is 5.69 Å². The minimum Gasteiger partial charge on any atom is -0.357 e. The highest BCUT2D eigenvalue weighted by atomic mass is 16.6. The predicted octanol–water partition coefficient (Wildman–Crippen LogP) is 3.41. The van der Waals surface area contributed by atoms with Crippen LogP contribution in [0.3, 0.4) is 0 Å². The molecule has 0 aliphatic heterocycles. The largest absolute Gasteiger partial charge is 0.357 e. The molecule has 3 aromatic rings. The molecule has 6 nitrogen and oxygen atoms in total. The third-order valence-electron chi connectivity index (χ3n) is 3.55. The first-order valence-electron chi connectivity index (χ1n) is 7.39. The minimum absolute atomic E-state index is 0.00404. The van der Waals surface area contributed by atoms with Crippen LogP contribution in [0.15, 0.2) is 60.7 Å². The van der Waals surface area contributed by atoms with E-state index in [0.29, 0.717) is 12.1 Å². The Hall–Kier alpha value is -3.41. The molecule has 0 fully saturated rings. The van der Waals surface area contributed by atoms with Crippen molar-refractivity contribution in [2.24, 2.45) is 0 Å². The molecule has 0 aliphatic carbocycles. The summed E-state index contributed by atoms with van der Waals surface area (Å²) in [5.41, 5.74) is 2.53. The fourth-order valence-electron chi connectivity index (χ4n) is 2.38. The van der Waals surface area contributed by atoms with Gasteiger partial charge in [-0.25, -0.2) is 0 Å². The molecule has 0 aliphatic rings. The third-order valence-corrected chi connectivity index (χ3v) is 3.55. The maximum Gasteiger partial charge on any atom is 0.270 e. The van der Waals surface area contributed by atoms with Gasteiger partial charge in [-0.15, -0.1) is 0 Å². The number of rotatable bonds is 5. The molecular weight excluding hydrogens is 306 g/mol. The first-order valence-corrected chi connectivity index (χ1v) is 7.39.